The maximum absolute atomic E-state index is 13.1. The van der Waals surface area contributed by atoms with Gasteiger partial charge >= 0.3 is 0 Å². The molecule has 31 heavy (non-hydrogen) atoms. The molecular weight excluding hydrogens is 438 g/mol. The van der Waals surface area contributed by atoms with Gasteiger partial charge in [-0.15, -0.1) is 12.4 Å². The third-order valence-corrected chi connectivity index (χ3v) is 6.63. The van der Waals surface area contributed by atoms with Crippen LogP contribution in [0.4, 0.5) is 11.4 Å². The highest BCUT2D eigenvalue weighted by atomic mass is 35.5. The first-order chi connectivity index (χ1) is 14.5. The molecule has 0 amide bonds. The lowest BCUT2D eigenvalue weighted by Gasteiger charge is -2.30. The van der Waals surface area contributed by atoms with Crippen molar-refractivity contribution in [2.75, 3.05) is 50.0 Å². The van der Waals surface area contributed by atoms with Crippen LogP contribution in [-0.2, 0) is 10.0 Å². The van der Waals surface area contributed by atoms with Crippen LogP contribution in [0, 0.1) is 0 Å². The summed E-state index contributed by atoms with van der Waals surface area (Å²) >= 11 is 0. The lowest BCUT2D eigenvalue weighted by atomic mass is 10.1. The number of fused-ring (bicyclic) bond motifs is 1. The fourth-order valence-corrected chi connectivity index (χ4v) is 4.84. The summed E-state index contributed by atoms with van der Waals surface area (Å²) in [7, 11) is -0.823. The second kappa shape index (κ2) is 9.64. The fourth-order valence-electron chi connectivity index (χ4n) is 3.74. The molecule has 3 aromatic carbocycles. The second-order valence-corrected chi connectivity index (χ2v) is 8.72. The smallest absolute Gasteiger partial charge is 0.262 e. The first-order valence-electron chi connectivity index (χ1n) is 9.76. The molecule has 0 atom stereocenters. The second-order valence-electron chi connectivity index (χ2n) is 7.04. The molecule has 1 saturated heterocycles. The molecule has 2 N–H and O–H groups in total. The Balaban J connectivity index is 0.00000272. The summed E-state index contributed by atoms with van der Waals surface area (Å²) in [5.74, 6) is 0.835. The predicted octanol–water partition coefficient (Wildman–Crippen LogP) is 3.49. The van der Waals surface area contributed by atoms with Crippen molar-refractivity contribution >= 4 is 44.6 Å². The molecule has 0 unspecified atom stereocenters. The molecule has 0 aromatic heterocycles. The van der Waals surface area contributed by atoms with Crippen molar-refractivity contribution in [1.29, 1.82) is 0 Å². The van der Waals surface area contributed by atoms with Crippen molar-refractivity contribution in [1.82, 2.24) is 5.32 Å². The lowest BCUT2D eigenvalue weighted by Crippen LogP contribution is -2.43. The molecule has 0 radical (unpaired) electrons. The standard InChI is InChI=1S/C22H25N3O4S.ClH/c1-28-21-10-7-16(15-22(21)29-2)30(26,27)24-19-8-9-20(25-13-11-23-12-14-25)18-6-4-3-5-17(18)19;/h3-10,15,23-24H,11-14H2,1-2H3;1H. The van der Waals surface area contributed by atoms with E-state index >= 15 is 0 Å². The minimum Gasteiger partial charge on any atom is -0.493 e. The van der Waals surface area contributed by atoms with Crippen LogP contribution >= 0.6 is 12.4 Å². The molecule has 166 valence electrons. The number of methoxy groups -OCH3 is 2. The summed E-state index contributed by atoms with van der Waals surface area (Å²) in [5.41, 5.74) is 1.65. The number of hydrogen-bond acceptors (Lipinski definition) is 6. The molecule has 0 aliphatic carbocycles. The molecule has 3 aromatic rings. The number of rotatable bonds is 6. The Kier molecular flexibility index (Phi) is 7.15. The first-order valence-corrected chi connectivity index (χ1v) is 11.2. The minimum atomic E-state index is -3.81. The van der Waals surface area contributed by atoms with Crippen molar-refractivity contribution < 1.29 is 17.9 Å². The molecule has 0 saturated carbocycles. The van der Waals surface area contributed by atoms with E-state index in [0.717, 1.165) is 42.6 Å². The zero-order valence-corrected chi connectivity index (χ0v) is 19.1. The zero-order chi connectivity index (χ0) is 21.1. The van der Waals surface area contributed by atoms with Crippen LogP contribution in [0.15, 0.2) is 59.5 Å². The maximum Gasteiger partial charge on any atom is 0.262 e. The van der Waals surface area contributed by atoms with Crippen LogP contribution < -0.4 is 24.4 Å². The van der Waals surface area contributed by atoms with Gasteiger partial charge in [-0.1, -0.05) is 24.3 Å². The third-order valence-electron chi connectivity index (χ3n) is 5.27. The van der Waals surface area contributed by atoms with E-state index in [1.54, 1.807) is 6.07 Å². The van der Waals surface area contributed by atoms with Crippen molar-refractivity contribution in [3.63, 3.8) is 0 Å². The molecular formula is C22H26ClN3O4S. The van der Waals surface area contributed by atoms with Crippen LogP contribution in [0.1, 0.15) is 0 Å². The third kappa shape index (κ3) is 4.66. The SMILES string of the molecule is COc1ccc(S(=O)(=O)Nc2ccc(N3CCNCC3)c3ccccc23)cc1OC.Cl. The van der Waals surface area contributed by atoms with E-state index < -0.39 is 10.0 Å². The monoisotopic (exact) mass is 463 g/mol. The van der Waals surface area contributed by atoms with Gasteiger partial charge in [0.1, 0.15) is 0 Å². The van der Waals surface area contributed by atoms with E-state index in [2.05, 4.69) is 14.9 Å². The van der Waals surface area contributed by atoms with E-state index in [1.807, 2.05) is 36.4 Å². The summed E-state index contributed by atoms with van der Waals surface area (Å²) in [6.45, 7) is 3.70. The molecule has 1 aliphatic rings. The van der Waals surface area contributed by atoms with Gasteiger partial charge in [-0.25, -0.2) is 8.42 Å². The van der Waals surface area contributed by atoms with Gasteiger partial charge in [0.05, 0.1) is 24.8 Å². The maximum atomic E-state index is 13.1. The Labute approximate surface area is 188 Å². The summed E-state index contributed by atoms with van der Waals surface area (Å²) < 4.78 is 39.3. The normalized spacial score (nSPS) is 14.1. The summed E-state index contributed by atoms with van der Waals surface area (Å²) in [6.07, 6.45) is 0. The average Bonchev–Trinajstić information content (AvgIpc) is 2.79. The molecule has 7 nitrogen and oxygen atoms in total. The van der Waals surface area contributed by atoms with Crippen LogP contribution in [0.3, 0.4) is 0 Å². The molecule has 1 fully saturated rings. The molecule has 0 spiro atoms. The highest BCUT2D eigenvalue weighted by Gasteiger charge is 2.20. The number of benzene rings is 3. The number of nitrogens with one attached hydrogen (secondary N) is 2. The molecule has 1 aliphatic heterocycles. The Morgan fingerprint density at radius 3 is 2.26 bits per heavy atom. The van der Waals surface area contributed by atoms with Gasteiger partial charge in [-0.05, 0) is 24.3 Å². The van der Waals surface area contributed by atoms with Crippen LogP contribution in [0.25, 0.3) is 10.8 Å². The topological polar surface area (TPSA) is 79.9 Å². The molecule has 1 heterocycles. The largest absolute Gasteiger partial charge is 0.493 e. The van der Waals surface area contributed by atoms with Gasteiger partial charge in [-0.2, -0.15) is 0 Å². The van der Waals surface area contributed by atoms with Gasteiger partial charge in [0.2, 0.25) is 0 Å². The van der Waals surface area contributed by atoms with Gasteiger partial charge < -0.3 is 19.7 Å². The highest BCUT2D eigenvalue weighted by molar-refractivity contribution is 7.92. The summed E-state index contributed by atoms with van der Waals surface area (Å²) in [6, 6.07) is 16.2. The highest BCUT2D eigenvalue weighted by Crippen LogP contribution is 2.35. The van der Waals surface area contributed by atoms with E-state index in [0.29, 0.717) is 17.2 Å². The Hall–Kier alpha value is -2.68. The van der Waals surface area contributed by atoms with E-state index in [1.165, 1.54) is 26.4 Å². The Bertz CT molecular complexity index is 1160. The van der Waals surface area contributed by atoms with E-state index in [4.69, 9.17) is 9.47 Å². The van der Waals surface area contributed by atoms with Gasteiger partial charge in [0.25, 0.3) is 10.0 Å². The molecule has 4 rings (SSSR count). The summed E-state index contributed by atoms with van der Waals surface area (Å²) in [5, 5.41) is 5.24. The predicted molar refractivity (Wildman–Crippen MR) is 127 cm³/mol. The van der Waals surface area contributed by atoms with Crippen molar-refractivity contribution in [3.8, 4) is 11.5 Å². The van der Waals surface area contributed by atoms with Crippen LogP contribution in [-0.4, -0.2) is 48.8 Å². The Morgan fingerprint density at radius 2 is 1.58 bits per heavy atom. The number of ether oxygens (including phenoxy) is 2. The van der Waals surface area contributed by atoms with Crippen molar-refractivity contribution in [3.05, 3.63) is 54.6 Å². The zero-order valence-electron chi connectivity index (χ0n) is 17.4. The lowest BCUT2D eigenvalue weighted by molar-refractivity contribution is 0.354. The number of anilines is 2. The minimum absolute atomic E-state index is 0. The quantitative estimate of drug-likeness (QED) is 0.582. The number of halogens is 1. The number of sulfonamides is 1. The van der Waals surface area contributed by atoms with Crippen molar-refractivity contribution in [2.24, 2.45) is 0 Å². The van der Waals surface area contributed by atoms with E-state index in [-0.39, 0.29) is 17.3 Å². The molecule has 0 bridgehead atoms. The number of nitrogens with zero attached hydrogens (tertiary/aromatic N) is 1. The van der Waals surface area contributed by atoms with Gasteiger partial charge in [-0.3, -0.25) is 4.72 Å². The summed E-state index contributed by atoms with van der Waals surface area (Å²) in [4.78, 5) is 2.43. The van der Waals surface area contributed by atoms with E-state index in [9.17, 15) is 8.42 Å². The average molecular weight is 464 g/mol. The van der Waals surface area contributed by atoms with Crippen LogP contribution in [0.5, 0.6) is 11.5 Å². The molecule has 9 heteroatoms. The van der Waals surface area contributed by atoms with Gasteiger partial charge in [0.15, 0.2) is 11.5 Å². The first kappa shape index (κ1) is 23.0. The fraction of sp³-hybridized carbons (Fsp3) is 0.273. The van der Waals surface area contributed by atoms with Crippen LogP contribution in [0.2, 0.25) is 0 Å². The number of hydrogen-bond donors (Lipinski definition) is 2. The number of piperazine rings is 1. The van der Waals surface area contributed by atoms with Gasteiger partial charge in [0, 0.05) is 48.7 Å². The van der Waals surface area contributed by atoms with Crippen molar-refractivity contribution in [2.45, 2.75) is 4.90 Å². The Morgan fingerprint density at radius 1 is 0.903 bits per heavy atom.